The Morgan fingerprint density at radius 2 is 2.17 bits per heavy atom. The SMILES string of the molecule is CC1CSC(c2nc3ccc4cc(OCc5ccc([N+](=O)[O-])o5)ccc4c3s2)=N1. The second-order valence-corrected chi connectivity index (χ2v) is 8.70. The van der Waals surface area contributed by atoms with Crippen molar-refractivity contribution >= 4 is 55.0 Å². The summed E-state index contributed by atoms with van der Waals surface area (Å²) in [5, 5.41) is 14.9. The zero-order valence-electron chi connectivity index (χ0n) is 15.3. The molecule has 7 nitrogen and oxygen atoms in total. The van der Waals surface area contributed by atoms with Crippen molar-refractivity contribution in [3.63, 3.8) is 0 Å². The van der Waals surface area contributed by atoms with Gasteiger partial charge in [-0.2, -0.15) is 0 Å². The summed E-state index contributed by atoms with van der Waals surface area (Å²) in [5.41, 5.74) is 0.969. The van der Waals surface area contributed by atoms with Gasteiger partial charge in [0.1, 0.15) is 33.1 Å². The molecule has 0 aliphatic carbocycles. The van der Waals surface area contributed by atoms with Crippen LogP contribution < -0.4 is 4.74 Å². The lowest BCUT2D eigenvalue weighted by molar-refractivity contribution is -0.402. The number of ether oxygens (including phenoxy) is 1. The van der Waals surface area contributed by atoms with Crippen LogP contribution >= 0.6 is 23.1 Å². The van der Waals surface area contributed by atoms with Gasteiger partial charge in [0, 0.05) is 11.1 Å². The summed E-state index contributed by atoms with van der Waals surface area (Å²) >= 11 is 3.43. The molecule has 1 atom stereocenters. The third-order valence-electron chi connectivity index (χ3n) is 4.53. The van der Waals surface area contributed by atoms with Crippen LogP contribution in [0.3, 0.4) is 0 Å². The minimum Gasteiger partial charge on any atom is -0.486 e. The fourth-order valence-electron chi connectivity index (χ4n) is 3.16. The van der Waals surface area contributed by atoms with Crippen LogP contribution in [0.25, 0.3) is 21.0 Å². The van der Waals surface area contributed by atoms with Crippen molar-refractivity contribution in [2.75, 3.05) is 5.75 Å². The first-order chi connectivity index (χ1) is 14.1. The number of aliphatic imine (C=N–C) groups is 1. The number of hydrogen-bond donors (Lipinski definition) is 0. The smallest absolute Gasteiger partial charge is 0.433 e. The van der Waals surface area contributed by atoms with E-state index in [2.05, 4.69) is 11.9 Å². The van der Waals surface area contributed by atoms with Crippen LogP contribution in [0.1, 0.15) is 17.7 Å². The van der Waals surface area contributed by atoms with E-state index in [0.717, 1.165) is 36.8 Å². The molecule has 0 fully saturated rings. The van der Waals surface area contributed by atoms with E-state index in [9.17, 15) is 10.1 Å². The molecule has 3 heterocycles. The molecule has 9 heteroatoms. The maximum Gasteiger partial charge on any atom is 0.433 e. The summed E-state index contributed by atoms with van der Waals surface area (Å²) in [4.78, 5) is 19.6. The van der Waals surface area contributed by atoms with Gasteiger partial charge in [0.15, 0.2) is 0 Å². The van der Waals surface area contributed by atoms with Crippen molar-refractivity contribution in [3.8, 4) is 5.75 Å². The molecule has 29 heavy (non-hydrogen) atoms. The first-order valence-corrected chi connectivity index (χ1v) is 10.8. The van der Waals surface area contributed by atoms with Crippen LogP contribution in [0.2, 0.25) is 0 Å². The molecule has 0 N–H and O–H groups in total. The first kappa shape index (κ1) is 18.1. The van der Waals surface area contributed by atoms with E-state index in [4.69, 9.17) is 14.1 Å². The predicted molar refractivity (Wildman–Crippen MR) is 115 cm³/mol. The minimum absolute atomic E-state index is 0.127. The van der Waals surface area contributed by atoms with Crippen LogP contribution in [0, 0.1) is 10.1 Å². The van der Waals surface area contributed by atoms with Crippen molar-refractivity contribution in [1.82, 2.24) is 4.98 Å². The van der Waals surface area contributed by atoms with Gasteiger partial charge < -0.3 is 9.15 Å². The Balaban J connectivity index is 1.42. The number of nitrogens with zero attached hydrogens (tertiary/aromatic N) is 3. The molecule has 146 valence electrons. The van der Waals surface area contributed by atoms with Crippen molar-refractivity contribution in [2.24, 2.45) is 4.99 Å². The highest BCUT2D eigenvalue weighted by molar-refractivity contribution is 8.15. The maximum absolute atomic E-state index is 10.7. The van der Waals surface area contributed by atoms with Gasteiger partial charge in [-0.05, 0) is 42.6 Å². The van der Waals surface area contributed by atoms with Crippen molar-refractivity contribution in [2.45, 2.75) is 19.6 Å². The molecule has 1 unspecified atom stereocenters. The van der Waals surface area contributed by atoms with E-state index < -0.39 is 4.92 Å². The monoisotopic (exact) mass is 425 g/mol. The maximum atomic E-state index is 10.7. The highest BCUT2D eigenvalue weighted by Gasteiger charge is 2.19. The number of hydrogen-bond acceptors (Lipinski definition) is 8. The van der Waals surface area contributed by atoms with Gasteiger partial charge in [-0.25, -0.2) is 4.98 Å². The summed E-state index contributed by atoms with van der Waals surface area (Å²) in [6.45, 7) is 2.24. The molecular formula is C20H15N3O4S2. The Labute approximate surface area is 173 Å². The van der Waals surface area contributed by atoms with Crippen LogP contribution in [0.4, 0.5) is 5.88 Å². The Hall–Kier alpha value is -2.91. The second-order valence-electron chi connectivity index (χ2n) is 6.70. The summed E-state index contributed by atoms with van der Waals surface area (Å²) < 4.78 is 12.0. The Morgan fingerprint density at radius 1 is 1.28 bits per heavy atom. The highest BCUT2D eigenvalue weighted by atomic mass is 32.2. The number of rotatable bonds is 5. The van der Waals surface area contributed by atoms with E-state index in [0.29, 0.717) is 17.6 Å². The van der Waals surface area contributed by atoms with Crippen molar-refractivity contribution < 1.29 is 14.1 Å². The number of fused-ring (bicyclic) bond motifs is 3. The number of thiazole rings is 1. The zero-order chi connectivity index (χ0) is 20.0. The topological polar surface area (TPSA) is 90.8 Å². The molecule has 0 amide bonds. The molecule has 0 spiro atoms. The summed E-state index contributed by atoms with van der Waals surface area (Å²) in [5.74, 6) is 1.80. The Morgan fingerprint density at radius 3 is 2.93 bits per heavy atom. The number of benzene rings is 2. The molecule has 5 rings (SSSR count). The summed E-state index contributed by atoms with van der Waals surface area (Å²) in [7, 11) is 0. The van der Waals surface area contributed by atoms with Gasteiger partial charge >= 0.3 is 5.88 Å². The number of aromatic nitrogens is 1. The highest BCUT2D eigenvalue weighted by Crippen LogP contribution is 2.35. The standard InChI is InChI=1S/C20H15N3O4S2/c1-11-10-28-19(21-11)20-22-16-6-2-12-8-13(3-5-15(12)18(16)29-20)26-9-14-4-7-17(27-14)23(24)25/h2-8,11H,9-10H2,1H3. The van der Waals surface area contributed by atoms with Gasteiger partial charge in [-0.1, -0.05) is 6.07 Å². The molecule has 2 aromatic heterocycles. The Kier molecular flexibility index (Phi) is 4.48. The summed E-state index contributed by atoms with van der Waals surface area (Å²) in [6, 6.07) is 13.1. The molecular weight excluding hydrogens is 410 g/mol. The third-order valence-corrected chi connectivity index (χ3v) is 6.99. The van der Waals surface area contributed by atoms with Crippen LogP contribution in [0.15, 0.2) is 51.9 Å². The number of thioether (sulfide) groups is 1. The molecule has 0 bridgehead atoms. The fraction of sp³-hybridized carbons (Fsp3) is 0.200. The predicted octanol–water partition coefficient (Wildman–Crippen LogP) is 5.41. The molecule has 0 saturated carbocycles. The average Bonchev–Trinajstić information content (AvgIpc) is 3.44. The van der Waals surface area contributed by atoms with Gasteiger partial charge in [0.05, 0.1) is 22.3 Å². The molecule has 0 radical (unpaired) electrons. The average molecular weight is 425 g/mol. The molecule has 4 aromatic rings. The van der Waals surface area contributed by atoms with Crippen LogP contribution in [-0.4, -0.2) is 26.7 Å². The Bertz CT molecular complexity index is 1280. The second kappa shape index (κ2) is 7.16. The molecule has 0 saturated heterocycles. The lowest BCUT2D eigenvalue weighted by Crippen LogP contribution is -1.93. The van der Waals surface area contributed by atoms with E-state index in [-0.39, 0.29) is 12.5 Å². The third kappa shape index (κ3) is 3.47. The minimum atomic E-state index is -0.565. The molecule has 1 aliphatic rings. The lowest BCUT2D eigenvalue weighted by atomic mass is 10.1. The normalized spacial score (nSPS) is 16.4. The largest absolute Gasteiger partial charge is 0.486 e. The summed E-state index contributed by atoms with van der Waals surface area (Å²) in [6.07, 6.45) is 0. The molecule has 1 aliphatic heterocycles. The van der Waals surface area contributed by atoms with Gasteiger partial charge in [0.25, 0.3) is 0 Å². The van der Waals surface area contributed by atoms with E-state index >= 15 is 0 Å². The van der Waals surface area contributed by atoms with Crippen LogP contribution in [0.5, 0.6) is 5.75 Å². The van der Waals surface area contributed by atoms with Gasteiger partial charge in [-0.3, -0.25) is 15.1 Å². The van der Waals surface area contributed by atoms with Crippen molar-refractivity contribution in [3.05, 3.63) is 63.3 Å². The van der Waals surface area contributed by atoms with E-state index in [1.54, 1.807) is 29.2 Å². The first-order valence-electron chi connectivity index (χ1n) is 8.97. The number of furan rings is 1. The fourth-order valence-corrected chi connectivity index (χ4v) is 5.35. The lowest BCUT2D eigenvalue weighted by Gasteiger charge is -2.06. The van der Waals surface area contributed by atoms with Crippen LogP contribution in [-0.2, 0) is 6.61 Å². The van der Waals surface area contributed by atoms with Gasteiger partial charge in [-0.15, -0.1) is 23.1 Å². The zero-order valence-corrected chi connectivity index (χ0v) is 17.0. The van der Waals surface area contributed by atoms with Gasteiger partial charge in [0.2, 0.25) is 0 Å². The molecule has 2 aromatic carbocycles. The quantitative estimate of drug-likeness (QED) is 0.314. The van der Waals surface area contributed by atoms with Crippen molar-refractivity contribution in [1.29, 1.82) is 0 Å². The number of nitro groups is 1. The van der Waals surface area contributed by atoms with E-state index in [1.807, 2.05) is 30.3 Å². The van der Waals surface area contributed by atoms with E-state index in [1.165, 1.54) is 6.07 Å².